The van der Waals surface area contributed by atoms with E-state index < -0.39 is 0 Å². The number of hydrogen-bond donors (Lipinski definition) is 0. The zero-order chi connectivity index (χ0) is 17.4. The highest BCUT2D eigenvalue weighted by Gasteiger charge is 2.25. The van der Waals surface area contributed by atoms with Gasteiger partial charge in [-0.15, -0.1) is 0 Å². The molecule has 0 bridgehead atoms. The Morgan fingerprint density at radius 3 is 2.60 bits per heavy atom. The summed E-state index contributed by atoms with van der Waals surface area (Å²) in [5.41, 5.74) is 1.66. The van der Waals surface area contributed by atoms with Crippen molar-refractivity contribution in [2.24, 2.45) is 7.05 Å². The molecule has 0 aliphatic carbocycles. The van der Waals surface area contributed by atoms with E-state index in [0.29, 0.717) is 36.5 Å². The predicted molar refractivity (Wildman–Crippen MR) is 93.6 cm³/mol. The Hall–Kier alpha value is -2.96. The fourth-order valence-corrected chi connectivity index (χ4v) is 3.25. The van der Waals surface area contributed by atoms with Crippen molar-refractivity contribution in [3.8, 4) is 0 Å². The van der Waals surface area contributed by atoms with Crippen molar-refractivity contribution in [3.63, 3.8) is 0 Å². The van der Waals surface area contributed by atoms with Crippen LogP contribution in [0.5, 0.6) is 0 Å². The van der Waals surface area contributed by atoms with Gasteiger partial charge in [0.05, 0.1) is 6.20 Å². The van der Waals surface area contributed by atoms with E-state index in [2.05, 4.69) is 9.97 Å². The van der Waals surface area contributed by atoms with Crippen molar-refractivity contribution in [3.05, 3.63) is 58.4 Å². The molecule has 0 radical (unpaired) electrons. The number of likely N-dealkylation sites (tertiary alicyclic amines) is 1. The summed E-state index contributed by atoms with van der Waals surface area (Å²) in [6.07, 6.45) is 4.11. The molecule has 0 N–H and O–H groups in total. The van der Waals surface area contributed by atoms with Crippen molar-refractivity contribution in [1.82, 2.24) is 24.0 Å². The van der Waals surface area contributed by atoms with Crippen LogP contribution in [0.4, 0.5) is 4.79 Å². The van der Waals surface area contributed by atoms with Gasteiger partial charge in [-0.25, -0.2) is 24.1 Å². The van der Waals surface area contributed by atoms with Gasteiger partial charge in [0.1, 0.15) is 11.3 Å². The second kappa shape index (κ2) is 6.16. The number of rotatable bonds is 2. The molecular formula is C18H19N5O2. The number of fused-ring (bicyclic) bond motifs is 1. The molecule has 0 spiro atoms. The van der Waals surface area contributed by atoms with Gasteiger partial charge in [-0.2, -0.15) is 0 Å². The van der Waals surface area contributed by atoms with Crippen molar-refractivity contribution in [1.29, 1.82) is 0 Å². The van der Waals surface area contributed by atoms with E-state index in [1.54, 1.807) is 18.1 Å². The second-order valence-corrected chi connectivity index (χ2v) is 6.31. The molecule has 1 saturated heterocycles. The molecule has 0 saturated carbocycles. The molecule has 1 aromatic carbocycles. The van der Waals surface area contributed by atoms with E-state index in [1.165, 1.54) is 9.13 Å². The Labute approximate surface area is 144 Å². The Balaban J connectivity index is 1.75. The van der Waals surface area contributed by atoms with Crippen molar-refractivity contribution < 1.29 is 4.79 Å². The van der Waals surface area contributed by atoms with E-state index in [4.69, 9.17) is 0 Å². The van der Waals surface area contributed by atoms with Gasteiger partial charge in [-0.1, -0.05) is 30.3 Å². The molecular weight excluding hydrogens is 318 g/mol. The maximum absolute atomic E-state index is 12.7. The lowest BCUT2D eigenvalue weighted by molar-refractivity contribution is 0.210. The summed E-state index contributed by atoms with van der Waals surface area (Å²) in [5.74, 6) is 0.625. The van der Waals surface area contributed by atoms with Gasteiger partial charge in [-0.3, -0.25) is 4.57 Å². The van der Waals surface area contributed by atoms with Crippen LogP contribution >= 0.6 is 0 Å². The minimum Gasteiger partial charge on any atom is -0.324 e. The Morgan fingerprint density at radius 2 is 1.88 bits per heavy atom. The Morgan fingerprint density at radius 1 is 1.16 bits per heavy atom. The molecule has 4 rings (SSSR count). The first-order valence-electron chi connectivity index (χ1n) is 8.42. The van der Waals surface area contributed by atoms with Crippen LogP contribution in [0.3, 0.4) is 0 Å². The minimum absolute atomic E-state index is 0.285. The summed E-state index contributed by atoms with van der Waals surface area (Å²) in [4.78, 5) is 35.9. The number of nitrogens with zero attached hydrogens (tertiary/aromatic N) is 5. The SMILES string of the molecule is Cn1c(=O)n(C(=O)N2CCCC2)c2cnc(Cc3ccccc3)nc21. The lowest BCUT2D eigenvalue weighted by Gasteiger charge is -2.14. The van der Waals surface area contributed by atoms with Crippen molar-refractivity contribution in [2.45, 2.75) is 19.3 Å². The van der Waals surface area contributed by atoms with Crippen molar-refractivity contribution in [2.75, 3.05) is 13.1 Å². The Bertz CT molecular complexity index is 984. The third kappa shape index (κ3) is 2.71. The average Bonchev–Trinajstić information content (AvgIpc) is 3.24. The average molecular weight is 337 g/mol. The Kier molecular flexibility index (Phi) is 3.83. The summed E-state index contributed by atoms with van der Waals surface area (Å²) in [6.45, 7) is 1.38. The van der Waals surface area contributed by atoms with Crippen LogP contribution < -0.4 is 5.69 Å². The largest absolute Gasteiger partial charge is 0.338 e. The van der Waals surface area contributed by atoms with Crippen LogP contribution in [-0.4, -0.2) is 43.1 Å². The predicted octanol–water partition coefficient (Wildman–Crippen LogP) is 1.78. The molecule has 25 heavy (non-hydrogen) atoms. The molecule has 2 aromatic heterocycles. The number of carbonyl (C=O) groups excluding carboxylic acids is 1. The fourth-order valence-electron chi connectivity index (χ4n) is 3.25. The zero-order valence-electron chi connectivity index (χ0n) is 14.1. The summed E-state index contributed by atoms with van der Waals surface area (Å²) in [7, 11) is 1.64. The third-order valence-corrected chi connectivity index (χ3v) is 4.61. The van der Waals surface area contributed by atoms with E-state index in [1.807, 2.05) is 30.3 Å². The maximum atomic E-state index is 12.7. The van der Waals surface area contributed by atoms with Crippen LogP contribution in [0, 0.1) is 0 Å². The topological polar surface area (TPSA) is 73.0 Å². The van der Waals surface area contributed by atoms with Gasteiger partial charge in [-0.05, 0) is 18.4 Å². The number of imidazole rings is 1. The molecule has 0 unspecified atom stereocenters. The molecule has 128 valence electrons. The van der Waals surface area contributed by atoms with Gasteiger partial charge < -0.3 is 4.90 Å². The standard InChI is InChI=1S/C18H19N5O2/c1-21-16-14(23(17(21)24)18(25)22-9-5-6-10-22)12-19-15(20-16)11-13-7-3-2-4-8-13/h2-4,7-8,12H,5-6,9-11H2,1H3. The highest BCUT2D eigenvalue weighted by molar-refractivity contribution is 5.87. The lowest BCUT2D eigenvalue weighted by Crippen LogP contribution is -2.38. The van der Waals surface area contributed by atoms with Gasteiger partial charge >= 0.3 is 11.7 Å². The second-order valence-electron chi connectivity index (χ2n) is 6.31. The lowest BCUT2D eigenvalue weighted by atomic mass is 10.1. The number of aryl methyl sites for hydroxylation is 1. The monoisotopic (exact) mass is 337 g/mol. The molecule has 1 fully saturated rings. The molecule has 1 aliphatic heterocycles. The highest BCUT2D eigenvalue weighted by atomic mass is 16.2. The number of hydrogen-bond acceptors (Lipinski definition) is 4. The minimum atomic E-state index is -0.377. The van der Waals surface area contributed by atoms with Crippen LogP contribution in [-0.2, 0) is 13.5 Å². The summed E-state index contributed by atoms with van der Waals surface area (Å²) >= 11 is 0. The van der Waals surface area contributed by atoms with Crippen LogP contribution in [0.1, 0.15) is 24.2 Å². The van der Waals surface area contributed by atoms with E-state index in [9.17, 15) is 9.59 Å². The number of carbonyl (C=O) groups is 1. The molecule has 1 aliphatic rings. The third-order valence-electron chi connectivity index (χ3n) is 4.61. The first-order valence-corrected chi connectivity index (χ1v) is 8.42. The van der Waals surface area contributed by atoms with Gasteiger partial charge in [0.15, 0.2) is 5.65 Å². The van der Waals surface area contributed by atoms with Crippen LogP contribution in [0.25, 0.3) is 11.2 Å². The highest BCUT2D eigenvalue weighted by Crippen LogP contribution is 2.15. The molecule has 7 heteroatoms. The van der Waals surface area contributed by atoms with Crippen LogP contribution in [0.15, 0.2) is 41.3 Å². The number of aromatic nitrogens is 4. The normalized spacial score (nSPS) is 14.4. The first kappa shape index (κ1) is 15.6. The van der Waals surface area contributed by atoms with E-state index in [-0.39, 0.29) is 11.7 Å². The summed E-state index contributed by atoms with van der Waals surface area (Å²) in [5, 5.41) is 0. The molecule has 7 nitrogen and oxygen atoms in total. The quantitative estimate of drug-likeness (QED) is 0.714. The van der Waals surface area contributed by atoms with Crippen LogP contribution in [0.2, 0.25) is 0 Å². The number of amides is 1. The smallest absolute Gasteiger partial charge is 0.324 e. The molecule has 3 aromatic rings. The summed E-state index contributed by atoms with van der Waals surface area (Å²) < 4.78 is 2.60. The summed E-state index contributed by atoms with van der Waals surface area (Å²) in [6, 6.07) is 9.63. The van der Waals surface area contributed by atoms with E-state index in [0.717, 1.165) is 18.4 Å². The fraction of sp³-hybridized carbons (Fsp3) is 0.333. The van der Waals surface area contributed by atoms with Gasteiger partial charge in [0, 0.05) is 26.6 Å². The maximum Gasteiger partial charge on any atom is 0.338 e. The molecule has 3 heterocycles. The number of benzene rings is 1. The van der Waals surface area contributed by atoms with Gasteiger partial charge in [0.25, 0.3) is 0 Å². The van der Waals surface area contributed by atoms with Crippen molar-refractivity contribution >= 4 is 17.2 Å². The zero-order valence-corrected chi connectivity index (χ0v) is 14.1. The molecule has 1 amide bonds. The van der Waals surface area contributed by atoms with Gasteiger partial charge in [0.2, 0.25) is 0 Å². The first-order chi connectivity index (χ1) is 12.1. The molecule has 0 atom stereocenters. The van der Waals surface area contributed by atoms with E-state index >= 15 is 0 Å².